The number of nitrogens with one attached hydrogen (secondary N) is 2. The zero-order valence-corrected chi connectivity index (χ0v) is 25.0. The maximum absolute atomic E-state index is 12.6. The maximum atomic E-state index is 12.6. The summed E-state index contributed by atoms with van der Waals surface area (Å²) in [7, 11) is 0. The number of nitrogens with zero attached hydrogens (tertiary/aromatic N) is 1. The van der Waals surface area contributed by atoms with Crippen LogP contribution in [0, 0.1) is 5.92 Å². The number of aliphatic hydroxyl groups excluding tert-OH is 2. The summed E-state index contributed by atoms with van der Waals surface area (Å²) in [5, 5.41) is 25.2. The summed E-state index contributed by atoms with van der Waals surface area (Å²) in [5.41, 5.74) is 0.824. The van der Waals surface area contributed by atoms with E-state index in [1.807, 2.05) is 0 Å². The van der Waals surface area contributed by atoms with Gasteiger partial charge in [-0.15, -0.1) is 0 Å². The first-order valence-corrected chi connectivity index (χ1v) is 14.5. The van der Waals surface area contributed by atoms with Gasteiger partial charge >= 0.3 is 5.97 Å². The highest BCUT2D eigenvalue weighted by Crippen LogP contribution is 2.30. The Morgan fingerprint density at radius 2 is 1.80 bits per heavy atom. The first kappa shape index (κ1) is 34.9. The van der Waals surface area contributed by atoms with Crippen LogP contribution in [0.25, 0.3) is 0 Å². The smallest absolute Gasteiger partial charge is 0.302 e. The van der Waals surface area contributed by atoms with Crippen LogP contribution in [0.15, 0.2) is 18.2 Å². The van der Waals surface area contributed by atoms with Gasteiger partial charge in [-0.25, -0.2) is 0 Å². The van der Waals surface area contributed by atoms with E-state index in [0.717, 1.165) is 0 Å². The van der Waals surface area contributed by atoms with Gasteiger partial charge in [0, 0.05) is 45.1 Å². The molecule has 0 bridgehead atoms. The Kier molecular flexibility index (Phi) is 14.0. The predicted molar refractivity (Wildman–Crippen MR) is 152 cm³/mol. The van der Waals surface area contributed by atoms with E-state index >= 15 is 0 Å². The summed E-state index contributed by atoms with van der Waals surface area (Å²) >= 11 is 0. The van der Waals surface area contributed by atoms with Crippen LogP contribution in [0.2, 0.25) is 0 Å². The molecule has 2 aliphatic heterocycles. The number of carbonyl (C=O) groups is 5. The molecule has 4 N–H and O–H groups in total. The second-order valence-corrected chi connectivity index (χ2v) is 10.5. The average molecular weight is 624 g/mol. The Bertz CT molecular complexity index is 1160. The third kappa shape index (κ3) is 11.5. The largest absolute Gasteiger partial charge is 0.461 e. The molecule has 0 radical (unpaired) electrons. The van der Waals surface area contributed by atoms with Crippen LogP contribution >= 0.6 is 0 Å². The zero-order chi connectivity index (χ0) is 32.1. The zero-order valence-electron chi connectivity index (χ0n) is 25.0. The molecular formula is C29H41N3O12. The number of esters is 1. The Morgan fingerprint density at radius 1 is 1.05 bits per heavy atom. The van der Waals surface area contributed by atoms with Gasteiger partial charge in [0.05, 0.1) is 51.4 Å². The Balaban J connectivity index is 1.34. The van der Waals surface area contributed by atoms with Crippen LogP contribution in [-0.2, 0) is 49.5 Å². The molecule has 2 fully saturated rings. The minimum Gasteiger partial charge on any atom is -0.461 e. The molecule has 1 aromatic carbocycles. The normalized spacial score (nSPS) is 21.7. The number of anilines is 1. The van der Waals surface area contributed by atoms with Crippen LogP contribution < -0.4 is 15.4 Å². The Labute approximate surface area is 255 Å². The summed E-state index contributed by atoms with van der Waals surface area (Å²) in [4.78, 5) is 60.8. The summed E-state index contributed by atoms with van der Waals surface area (Å²) in [6.45, 7) is 4.05. The minimum absolute atomic E-state index is 0.0168. The van der Waals surface area contributed by atoms with Crippen LogP contribution in [-0.4, -0.2) is 109 Å². The van der Waals surface area contributed by atoms with E-state index in [4.69, 9.17) is 23.7 Å². The quantitative estimate of drug-likeness (QED) is 0.102. The Hall–Kier alpha value is -3.63. The van der Waals surface area contributed by atoms with Gasteiger partial charge in [-0.2, -0.15) is 0 Å². The number of hydrogen-bond acceptors (Lipinski definition) is 12. The number of benzene rings is 1. The third-order valence-electron chi connectivity index (χ3n) is 6.73. The second-order valence-electron chi connectivity index (χ2n) is 10.5. The van der Waals surface area contributed by atoms with E-state index in [9.17, 15) is 34.2 Å². The summed E-state index contributed by atoms with van der Waals surface area (Å²) < 4.78 is 26.9. The summed E-state index contributed by atoms with van der Waals surface area (Å²) in [6, 6.07) is 4.73. The van der Waals surface area contributed by atoms with Crippen LogP contribution in [0.5, 0.6) is 5.75 Å². The first-order valence-electron chi connectivity index (χ1n) is 14.5. The lowest BCUT2D eigenvalue weighted by atomic mass is 10.1. The molecule has 0 saturated carbocycles. The van der Waals surface area contributed by atoms with E-state index in [2.05, 4.69) is 10.6 Å². The molecule has 4 amide bonds. The molecule has 2 heterocycles. The lowest BCUT2D eigenvalue weighted by Crippen LogP contribution is -2.44. The van der Waals surface area contributed by atoms with Crippen molar-refractivity contribution in [2.75, 3.05) is 51.4 Å². The number of carbonyl (C=O) groups excluding carboxylic acids is 5. The van der Waals surface area contributed by atoms with Gasteiger partial charge < -0.3 is 44.5 Å². The predicted octanol–water partition coefficient (Wildman–Crippen LogP) is -0.140. The van der Waals surface area contributed by atoms with E-state index in [1.54, 1.807) is 19.1 Å². The van der Waals surface area contributed by atoms with E-state index in [-0.39, 0.29) is 113 Å². The number of hydrogen-bond donors (Lipinski definition) is 4. The van der Waals surface area contributed by atoms with Crippen molar-refractivity contribution in [3.63, 3.8) is 0 Å². The van der Waals surface area contributed by atoms with Crippen molar-refractivity contribution in [2.24, 2.45) is 5.92 Å². The van der Waals surface area contributed by atoms with Crippen molar-refractivity contribution in [3.8, 4) is 5.75 Å². The summed E-state index contributed by atoms with van der Waals surface area (Å²) in [6.07, 6.45) is -2.64. The van der Waals surface area contributed by atoms with Crippen molar-refractivity contribution < 1.29 is 57.9 Å². The molecule has 15 heteroatoms. The molecule has 0 aliphatic carbocycles. The molecule has 0 spiro atoms. The Morgan fingerprint density at radius 3 is 2.48 bits per heavy atom. The highest BCUT2D eigenvalue weighted by atomic mass is 16.7. The van der Waals surface area contributed by atoms with Crippen molar-refractivity contribution in [1.29, 1.82) is 0 Å². The van der Waals surface area contributed by atoms with Crippen LogP contribution in [0.3, 0.4) is 0 Å². The molecule has 2 aliphatic rings. The minimum atomic E-state index is -1.09. The van der Waals surface area contributed by atoms with Gasteiger partial charge in [-0.3, -0.25) is 28.9 Å². The molecule has 4 atom stereocenters. The topological polar surface area (TPSA) is 199 Å². The maximum Gasteiger partial charge on any atom is 0.302 e. The number of rotatable bonds is 17. The van der Waals surface area contributed by atoms with Crippen LogP contribution in [0.1, 0.15) is 45.1 Å². The molecule has 3 unspecified atom stereocenters. The van der Waals surface area contributed by atoms with Crippen molar-refractivity contribution in [3.05, 3.63) is 23.8 Å². The fraction of sp³-hybridized carbons (Fsp3) is 0.621. The first-order chi connectivity index (χ1) is 21.0. The molecule has 244 valence electrons. The molecule has 0 aromatic heterocycles. The number of ether oxygens (including phenoxy) is 5. The molecular weight excluding hydrogens is 582 g/mol. The summed E-state index contributed by atoms with van der Waals surface area (Å²) in [5.74, 6) is -1.67. The SMILES string of the molecule is CC(=O)OCc1ccc(OC2OCC(O)C[C@H]2O)c(NC(=O)CCNC(=O)CCOCCOCCN2C(=O)CC(C)C2=O)c1. The fourth-order valence-electron chi connectivity index (χ4n) is 4.41. The highest BCUT2D eigenvalue weighted by Gasteiger charge is 2.35. The number of aliphatic hydroxyl groups is 2. The van der Waals surface area contributed by atoms with Gasteiger partial charge in [0.2, 0.25) is 29.9 Å². The lowest BCUT2D eigenvalue weighted by molar-refractivity contribution is -0.198. The lowest BCUT2D eigenvalue weighted by Gasteiger charge is -2.31. The molecule has 3 rings (SSSR count). The fourth-order valence-corrected chi connectivity index (χ4v) is 4.41. The standard InChI is InChI=1S/C29H41N3O12/c1-18-13-27(38)32(28(18)39)8-10-41-12-11-40-9-6-25(36)30-7-5-26(37)31-22-14-20(16-42-19(2)33)3-4-24(22)44-29-23(35)15-21(34)17-43-29/h3-4,14,18,21,23,29,34-35H,5-13,15-17H2,1-2H3,(H,30,36)(H,31,37)/t18?,21?,23-,29?/m1/s1. The highest BCUT2D eigenvalue weighted by molar-refractivity contribution is 6.03. The van der Waals surface area contributed by atoms with Crippen LogP contribution in [0.4, 0.5) is 5.69 Å². The van der Waals surface area contributed by atoms with Gasteiger partial charge in [-0.05, 0) is 17.7 Å². The third-order valence-corrected chi connectivity index (χ3v) is 6.73. The van der Waals surface area contributed by atoms with E-state index in [1.165, 1.54) is 17.9 Å². The van der Waals surface area contributed by atoms with Gasteiger partial charge in [0.15, 0.2) is 0 Å². The molecule has 2 saturated heterocycles. The molecule has 44 heavy (non-hydrogen) atoms. The number of amides is 4. The van der Waals surface area contributed by atoms with E-state index in [0.29, 0.717) is 5.56 Å². The number of imide groups is 1. The second kappa shape index (κ2) is 17.6. The monoisotopic (exact) mass is 623 g/mol. The molecule has 15 nitrogen and oxygen atoms in total. The van der Waals surface area contributed by atoms with Crippen molar-refractivity contribution >= 4 is 35.3 Å². The van der Waals surface area contributed by atoms with E-state index < -0.39 is 30.4 Å². The van der Waals surface area contributed by atoms with Crippen molar-refractivity contribution in [2.45, 2.75) is 64.6 Å². The average Bonchev–Trinajstić information content (AvgIpc) is 3.21. The molecule has 1 aromatic rings. The van der Waals surface area contributed by atoms with Gasteiger partial charge in [-0.1, -0.05) is 13.0 Å². The van der Waals surface area contributed by atoms with Crippen molar-refractivity contribution in [1.82, 2.24) is 10.2 Å². The van der Waals surface area contributed by atoms with Gasteiger partial charge in [0.1, 0.15) is 18.5 Å². The van der Waals surface area contributed by atoms with Gasteiger partial charge in [0.25, 0.3) is 0 Å². The number of likely N-dealkylation sites (tertiary alicyclic amines) is 1.